The Morgan fingerprint density at radius 2 is 2.29 bits per heavy atom. The van der Waals surface area contributed by atoms with Gasteiger partial charge < -0.3 is 10.5 Å². The number of hydrogen-bond acceptors (Lipinski definition) is 4. The molecule has 3 aromatic rings. The minimum absolute atomic E-state index is 0.102. The highest BCUT2D eigenvalue weighted by atomic mass is 19.1. The fraction of sp³-hybridized carbons (Fsp3) is 0.200. The van der Waals surface area contributed by atoms with E-state index in [2.05, 4.69) is 10.1 Å². The molecule has 0 bridgehead atoms. The van der Waals surface area contributed by atoms with Crippen LogP contribution in [0.4, 0.5) is 4.39 Å². The Hall–Kier alpha value is -2.47. The minimum atomic E-state index is -0.291. The van der Waals surface area contributed by atoms with Crippen molar-refractivity contribution in [1.29, 1.82) is 0 Å². The Labute approximate surface area is 120 Å². The van der Waals surface area contributed by atoms with Gasteiger partial charge in [0, 0.05) is 36.5 Å². The highest BCUT2D eigenvalue weighted by molar-refractivity contribution is 5.82. The summed E-state index contributed by atoms with van der Waals surface area (Å²) in [7, 11) is 0. The molecule has 1 aliphatic heterocycles. The Morgan fingerprint density at radius 1 is 1.38 bits per heavy atom. The number of fused-ring (bicyclic) bond motifs is 2. The predicted octanol–water partition coefficient (Wildman–Crippen LogP) is 1.80. The SMILES string of the molecule is NC[C@@H]1Cc2cc(F)cc(-c3cnn4cccnc34)c2O1. The Kier molecular flexibility index (Phi) is 2.65. The summed E-state index contributed by atoms with van der Waals surface area (Å²) in [5, 5.41) is 4.24. The molecule has 3 heterocycles. The maximum atomic E-state index is 13.9. The third-order valence-electron chi connectivity index (χ3n) is 3.70. The molecule has 0 saturated heterocycles. The molecule has 2 N–H and O–H groups in total. The molecular weight excluding hydrogens is 271 g/mol. The van der Waals surface area contributed by atoms with E-state index in [1.165, 1.54) is 12.1 Å². The molecule has 0 saturated carbocycles. The molecular formula is C15H13FN4O. The summed E-state index contributed by atoms with van der Waals surface area (Å²) < 4.78 is 21.4. The second-order valence-corrected chi connectivity index (χ2v) is 5.07. The summed E-state index contributed by atoms with van der Waals surface area (Å²) >= 11 is 0. The lowest BCUT2D eigenvalue weighted by Crippen LogP contribution is -2.24. The van der Waals surface area contributed by atoms with Gasteiger partial charge in [-0.1, -0.05) is 0 Å². The average Bonchev–Trinajstić information content (AvgIpc) is 3.09. The standard InChI is InChI=1S/C15H13FN4O/c16-10-4-9-5-11(7-17)21-14(9)12(6-10)13-8-19-20-3-1-2-18-15(13)20/h1-4,6,8,11H,5,7,17H2/t11-/m0/s1. The van der Waals surface area contributed by atoms with Gasteiger partial charge in [0.25, 0.3) is 0 Å². The van der Waals surface area contributed by atoms with Crippen LogP contribution in [0, 0.1) is 5.82 Å². The van der Waals surface area contributed by atoms with E-state index in [4.69, 9.17) is 10.5 Å². The zero-order chi connectivity index (χ0) is 14.4. The largest absolute Gasteiger partial charge is 0.488 e. The van der Waals surface area contributed by atoms with Crippen molar-refractivity contribution in [3.63, 3.8) is 0 Å². The number of ether oxygens (including phenoxy) is 1. The monoisotopic (exact) mass is 284 g/mol. The maximum absolute atomic E-state index is 13.9. The second kappa shape index (κ2) is 4.53. The number of rotatable bonds is 2. The number of nitrogens with two attached hydrogens (primary N) is 1. The van der Waals surface area contributed by atoms with Gasteiger partial charge in [-0.2, -0.15) is 5.10 Å². The first kappa shape index (κ1) is 12.3. The minimum Gasteiger partial charge on any atom is -0.488 e. The zero-order valence-corrected chi connectivity index (χ0v) is 11.2. The molecule has 2 aromatic heterocycles. The molecule has 0 unspecified atom stereocenters. The van der Waals surface area contributed by atoms with Crippen molar-refractivity contribution < 1.29 is 9.13 Å². The summed E-state index contributed by atoms with van der Waals surface area (Å²) in [6.07, 6.45) is 5.69. The molecule has 6 heteroatoms. The summed E-state index contributed by atoms with van der Waals surface area (Å²) in [5.41, 5.74) is 8.61. The molecule has 106 valence electrons. The van der Waals surface area contributed by atoms with Gasteiger partial charge in [0.15, 0.2) is 5.65 Å². The first-order valence-electron chi connectivity index (χ1n) is 6.74. The van der Waals surface area contributed by atoms with Crippen LogP contribution in [-0.4, -0.2) is 27.2 Å². The lowest BCUT2D eigenvalue weighted by atomic mass is 10.0. The molecule has 0 aliphatic carbocycles. The van der Waals surface area contributed by atoms with Crippen molar-refractivity contribution in [3.8, 4) is 16.9 Å². The Balaban J connectivity index is 1.94. The third-order valence-corrected chi connectivity index (χ3v) is 3.70. The Bertz CT molecular complexity index is 830. The molecule has 5 nitrogen and oxygen atoms in total. The normalized spacial score (nSPS) is 17.0. The van der Waals surface area contributed by atoms with Crippen molar-refractivity contribution in [1.82, 2.24) is 14.6 Å². The summed E-state index contributed by atoms with van der Waals surface area (Å²) in [4.78, 5) is 4.31. The number of benzene rings is 1. The summed E-state index contributed by atoms with van der Waals surface area (Å²) in [6, 6.07) is 4.76. The van der Waals surface area contributed by atoms with E-state index in [0.29, 0.717) is 29.9 Å². The zero-order valence-electron chi connectivity index (χ0n) is 11.2. The summed E-state index contributed by atoms with van der Waals surface area (Å²) in [6.45, 7) is 0.406. The first-order chi connectivity index (χ1) is 10.3. The molecule has 4 rings (SSSR count). The van der Waals surface area contributed by atoms with Crippen LogP contribution in [0.15, 0.2) is 36.8 Å². The van der Waals surface area contributed by atoms with Crippen LogP contribution in [-0.2, 0) is 6.42 Å². The molecule has 1 aromatic carbocycles. The van der Waals surface area contributed by atoms with Crippen molar-refractivity contribution in [2.24, 2.45) is 5.73 Å². The van der Waals surface area contributed by atoms with E-state index in [9.17, 15) is 4.39 Å². The van der Waals surface area contributed by atoms with Crippen LogP contribution >= 0.6 is 0 Å². The lowest BCUT2D eigenvalue weighted by molar-refractivity contribution is 0.242. The van der Waals surface area contributed by atoms with Crippen LogP contribution in [0.1, 0.15) is 5.56 Å². The van der Waals surface area contributed by atoms with E-state index in [1.54, 1.807) is 29.2 Å². The molecule has 0 fully saturated rings. The molecule has 0 spiro atoms. The van der Waals surface area contributed by atoms with Crippen LogP contribution in [0.2, 0.25) is 0 Å². The highest BCUT2D eigenvalue weighted by Crippen LogP contribution is 2.40. The predicted molar refractivity (Wildman–Crippen MR) is 75.6 cm³/mol. The van der Waals surface area contributed by atoms with Gasteiger partial charge in [0.1, 0.15) is 17.7 Å². The van der Waals surface area contributed by atoms with Crippen molar-refractivity contribution in [2.45, 2.75) is 12.5 Å². The lowest BCUT2D eigenvalue weighted by Gasteiger charge is -2.10. The van der Waals surface area contributed by atoms with E-state index in [-0.39, 0.29) is 11.9 Å². The van der Waals surface area contributed by atoms with Crippen LogP contribution in [0.3, 0.4) is 0 Å². The van der Waals surface area contributed by atoms with E-state index in [0.717, 1.165) is 11.1 Å². The van der Waals surface area contributed by atoms with E-state index >= 15 is 0 Å². The average molecular weight is 284 g/mol. The van der Waals surface area contributed by atoms with Gasteiger partial charge in [-0.05, 0) is 18.2 Å². The first-order valence-corrected chi connectivity index (χ1v) is 6.74. The van der Waals surface area contributed by atoms with E-state index < -0.39 is 0 Å². The van der Waals surface area contributed by atoms with Gasteiger partial charge in [0.2, 0.25) is 0 Å². The van der Waals surface area contributed by atoms with Crippen LogP contribution in [0.25, 0.3) is 16.8 Å². The van der Waals surface area contributed by atoms with Gasteiger partial charge in [-0.25, -0.2) is 13.9 Å². The second-order valence-electron chi connectivity index (χ2n) is 5.07. The van der Waals surface area contributed by atoms with Crippen molar-refractivity contribution in [3.05, 3.63) is 48.2 Å². The summed E-state index contributed by atoms with van der Waals surface area (Å²) in [5.74, 6) is 0.396. The molecule has 0 radical (unpaired) electrons. The molecule has 1 atom stereocenters. The van der Waals surface area contributed by atoms with Gasteiger partial charge in [-0.15, -0.1) is 0 Å². The third kappa shape index (κ3) is 1.87. The number of halogens is 1. The molecule has 0 amide bonds. The fourth-order valence-corrected chi connectivity index (χ4v) is 2.74. The molecule has 21 heavy (non-hydrogen) atoms. The van der Waals surface area contributed by atoms with Crippen molar-refractivity contribution >= 4 is 5.65 Å². The topological polar surface area (TPSA) is 65.4 Å². The number of aromatic nitrogens is 3. The maximum Gasteiger partial charge on any atom is 0.162 e. The smallest absolute Gasteiger partial charge is 0.162 e. The number of hydrogen-bond donors (Lipinski definition) is 1. The van der Waals surface area contributed by atoms with Gasteiger partial charge >= 0.3 is 0 Å². The van der Waals surface area contributed by atoms with Crippen LogP contribution < -0.4 is 10.5 Å². The fourth-order valence-electron chi connectivity index (χ4n) is 2.74. The highest BCUT2D eigenvalue weighted by Gasteiger charge is 2.27. The van der Waals surface area contributed by atoms with Gasteiger partial charge in [-0.3, -0.25) is 0 Å². The van der Waals surface area contributed by atoms with Crippen molar-refractivity contribution in [2.75, 3.05) is 6.54 Å². The number of nitrogens with zero attached hydrogens (tertiary/aromatic N) is 3. The van der Waals surface area contributed by atoms with Gasteiger partial charge in [0.05, 0.1) is 11.8 Å². The van der Waals surface area contributed by atoms with E-state index in [1.807, 2.05) is 0 Å². The van der Waals surface area contributed by atoms with Crippen LogP contribution in [0.5, 0.6) is 5.75 Å². The quantitative estimate of drug-likeness (QED) is 0.779. The Morgan fingerprint density at radius 3 is 3.14 bits per heavy atom. The molecule has 1 aliphatic rings.